The molecule has 1 heterocycles. The summed E-state index contributed by atoms with van der Waals surface area (Å²) in [5.41, 5.74) is 7.56. The first-order valence-electron chi connectivity index (χ1n) is 4.87. The van der Waals surface area contributed by atoms with E-state index < -0.39 is 0 Å². The Hall–Kier alpha value is -1.33. The van der Waals surface area contributed by atoms with Crippen molar-refractivity contribution in [1.29, 1.82) is 0 Å². The molecular formula is C11H10BrClN4. The van der Waals surface area contributed by atoms with Crippen LogP contribution >= 0.6 is 27.5 Å². The summed E-state index contributed by atoms with van der Waals surface area (Å²) < 4.78 is 0.994. The number of anilines is 3. The number of nitrogen functional groups attached to an aromatic ring is 1. The minimum Gasteiger partial charge on any atom is -0.368 e. The molecule has 3 N–H and O–H groups in total. The number of rotatable bonds is 2. The number of halogens is 2. The molecule has 1 aromatic heterocycles. The first-order chi connectivity index (χ1) is 8.02. The summed E-state index contributed by atoms with van der Waals surface area (Å²) >= 11 is 9.23. The molecule has 0 unspecified atom stereocenters. The van der Waals surface area contributed by atoms with Crippen molar-refractivity contribution in [3.63, 3.8) is 0 Å². The third-order valence-corrected chi connectivity index (χ3v) is 2.68. The topological polar surface area (TPSA) is 63.8 Å². The fourth-order valence-corrected chi connectivity index (χ4v) is 2.25. The number of benzene rings is 1. The van der Waals surface area contributed by atoms with Crippen molar-refractivity contribution >= 4 is 45.0 Å². The molecule has 0 radical (unpaired) electrons. The quantitative estimate of drug-likeness (QED) is 0.833. The Morgan fingerprint density at radius 3 is 2.65 bits per heavy atom. The van der Waals surface area contributed by atoms with Crippen molar-refractivity contribution in [3.8, 4) is 0 Å². The van der Waals surface area contributed by atoms with Gasteiger partial charge in [0.15, 0.2) is 0 Å². The van der Waals surface area contributed by atoms with E-state index in [9.17, 15) is 0 Å². The first-order valence-corrected chi connectivity index (χ1v) is 6.04. The zero-order valence-electron chi connectivity index (χ0n) is 9.04. The van der Waals surface area contributed by atoms with Gasteiger partial charge in [-0.05, 0) is 30.7 Å². The first kappa shape index (κ1) is 12.1. The average molecular weight is 314 g/mol. The molecule has 0 aliphatic carbocycles. The number of aryl methyl sites for hydroxylation is 1. The van der Waals surface area contributed by atoms with E-state index in [4.69, 9.17) is 17.3 Å². The van der Waals surface area contributed by atoms with Crippen molar-refractivity contribution in [1.82, 2.24) is 9.97 Å². The van der Waals surface area contributed by atoms with E-state index >= 15 is 0 Å². The molecule has 17 heavy (non-hydrogen) atoms. The van der Waals surface area contributed by atoms with E-state index in [0.717, 1.165) is 15.7 Å². The van der Waals surface area contributed by atoms with Crippen LogP contribution in [-0.2, 0) is 0 Å². The number of hydrogen-bond acceptors (Lipinski definition) is 4. The van der Waals surface area contributed by atoms with Crippen LogP contribution in [0.3, 0.4) is 0 Å². The van der Waals surface area contributed by atoms with Gasteiger partial charge in [-0.15, -0.1) is 0 Å². The molecule has 2 rings (SSSR count). The number of hydrogen-bond donors (Lipinski definition) is 2. The summed E-state index contributed by atoms with van der Waals surface area (Å²) in [5.74, 6) is 0.715. The van der Waals surface area contributed by atoms with Gasteiger partial charge in [0.25, 0.3) is 0 Å². The maximum absolute atomic E-state index is 5.80. The van der Waals surface area contributed by atoms with E-state index in [1.807, 2.05) is 25.1 Å². The molecule has 88 valence electrons. The largest absolute Gasteiger partial charge is 0.368 e. The Balaban J connectivity index is 2.31. The Bertz CT molecular complexity index is 469. The second kappa shape index (κ2) is 4.89. The van der Waals surface area contributed by atoms with Crippen LogP contribution in [0.1, 0.15) is 5.56 Å². The zero-order valence-corrected chi connectivity index (χ0v) is 11.4. The summed E-state index contributed by atoms with van der Waals surface area (Å²) in [7, 11) is 0. The average Bonchev–Trinajstić information content (AvgIpc) is 2.13. The molecule has 0 spiro atoms. The van der Waals surface area contributed by atoms with Crippen LogP contribution in [0.25, 0.3) is 0 Å². The molecule has 1 aromatic carbocycles. The highest BCUT2D eigenvalue weighted by Crippen LogP contribution is 2.23. The highest BCUT2D eigenvalue weighted by atomic mass is 79.9. The predicted molar refractivity (Wildman–Crippen MR) is 73.6 cm³/mol. The van der Waals surface area contributed by atoms with Gasteiger partial charge in [0.1, 0.15) is 11.0 Å². The van der Waals surface area contributed by atoms with Gasteiger partial charge in [0.2, 0.25) is 5.95 Å². The summed E-state index contributed by atoms with van der Waals surface area (Å²) in [4.78, 5) is 7.84. The zero-order chi connectivity index (χ0) is 12.4. The van der Waals surface area contributed by atoms with Crippen molar-refractivity contribution < 1.29 is 0 Å². The van der Waals surface area contributed by atoms with Crippen LogP contribution in [0.4, 0.5) is 17.5 Å². The van der Waals surface area contributed by atoms with E-state index in [1.54, 1.807) is 6.07 Å². The van der Waals surface area contributed by atoms with E-state index in [0.29, 0.717) is 11.0 Å². The van der Waals surface area contributed by atoms with Crippen LogP contribution in [0, 0.1) is 6.92 Å². The standard InChI is InChI=1S/C11H10BrClN4/c1-6-2-7(12)4-8(3-6)15-10-5-9(13)16-11(14)17-10/h2-5H,1H3,(H3,14,15,16,17). The van der Waals surface area contributed by atoms with Crippen LogP contribution in [0.15, 0.2) is 28.7 Å². The molecule has 2 aromatic rings. The highest BCUT2D eigenvalue weighted by Gasteiger charge is 2.02. The number of nitrogens with zero attached hydrogens (tertiary/aromatic N) is 2. The van der Waals surface area contributed by atoms with E-state index in [1.165, 1.54) is 0 Å². The molecule has 0 amide bonds. The second-order valence-corrected chi connectivity index (χ2v) is 4.88. The van der Waals surface area contributed by atoms with Gasteiger partial charge in [-0.2, -0.15) is 4.98 Å². The van der Waals surface area contributed by atoms with Crippen LogP contribution in [0.5, 0.6) is 0 Å². The lowest BCUT2D eigenvalue weighted by molar-refractivity contribution is 1.18. The predicted octanol–water partition coefficient (Wildman–Crippen LogP) is 3.53. The SMILES string of the molecule is Cc1cc(Br)cc(Nc2cc(Cl)nc(N)n2)c1. The maximum Gasteiger partial charge on any atom is 0.223 e. The van der Waals surface area contributed by atoms with Crippen LogP contribution in [-0.4, -0.2) is 9.97 Å². The smallest absolute Gasteiger partial charge is 0.223 e. The Labute approximate surface area is 112 Å². The third-order valence-electron chi connectivity index (χ3n) is 2.03. The summed E-state index contributed by atoms with van der Waals surface area (Å²) in [6.07, 6.45) is 0. The van der Waals surface area contributed by atoms with Gasteiger partial charge in [-0.3, -0.25) is 0 Å². The summed E-state index contributed by atoms with van der Waals surface area (Å²) in [6, 6.07) is 7.58. The van der Waals surface area contributed by atoms with Crippen LogP contribution < -0.4 is 11.1 Å². The summed E-state index contributed by atoms with van der Waals surface area (Å²) in [5, 5.41) is 3.43. The number of aromatic nitrogens is 2. The lowest BCUT2D eigenvalue weighted by Gasteiger charge is -2.08. The lowest BCUT2D eigenvalue weighted by atomic mass is 10.2. The van der Waals surface area contributed by atoms with Gasteiger partial charge < -0.3 is 11.1 Å². The Kier molecular flexibility index (Phi) is 3.49. The molecule has 6 heteroatoms. The molecule has 0 bridgehead atoms. The second-order valence-electron chi connectivity index (χ2n) is 3.58. The van der Waals surface area contributed by atoms with Gasteiger partial charge >= 0.3 is 0 Å². The van der Waals surface area contributed by atoms with Crippen LogP contribution in [0.2, 0.25) is 5.15 Å². The number of nitrogens with two attached hydrogens (primary N) is 1. The third kappa shape index (κ3) is 3.31. The summed E-state index contributed by atoms with van der Waals surface area (Å²) in [6.45, 7) is 2.01. The Morgan fingerprint density at radius 2 is 2.00 bits per heavy atom. The molecule has 0 atom stereocenters. The highest BCUT2D eigenvalue weighted by molar-refractivity contribution is 9.10. The molecule has 0 aliphatic heterocycles. The van der Waals surface area contributed by atoms with E-state index in [2.05, 4.69) is 31.2 Å². The monoisotopic (exact) mass is 312 g/mol. The van der Waals surface area contributed by atoms with Gasteiger partial charge in [-0.1, -0.05) is 27.5 Å². The van der Waals surface area contributed by atoms with Crippen molar-refractivity contribution in [2.45, 2.75) is 6.92 Å². The van der Waals surface area contributed by atoms with Crippen molar-refractivity contribution in [2.75, 3.05) is 11.1 Å². The molecule has 4 nitrogen and oxygen atoms in total. The normalized spacial score (nSPS) is 10.3. The van der Waals surface area contributed by atoms with Gasteiger partial charge in [0.05, 0.1) is 0 Å². The Morgan fingerprint density at radius 1 is 1.24 bits per heavy atom. The van der Waals surface area contributed by atoms with Gasteiger partial charge in [0, 0.05) is 16.2 Å². The van der Waals surface area contributed by atoms with Crippen molar-refractivity contribution in [2.24, 2.45) is 0 Å². The lowest BCUT2D eigenvalue weighted by Crippen LogP contribution is -2.00. The van der Waals surface area contributed by atoms with Crippen molar-refractivity contribution in [3.05, 3.63) is 39.5 Å². The fourth-order valence-electron chi connectivity index (χ4n) is 1.46. The molecule has 0 aliphatic rings. The molecule has 0 saturated heterocycles. The van der Waals surface area contributed by atoms with E-state index in [-0.39, 0.29) is 5.95 Å². The molecular weight excluding hydrogens is 304 g/mol. The van der Waals surface area contributed by atoms with Gasteiger partial charge in [-0.25, -0.2) is 4.98 Å². The minimum atomic E-state index is 0.145. The molecule has 0 fully saturated rings. The maximum atomic E-state index is 5.80. The minimum absolute atomic E-state index is 0.145. The number of nitrogens with one attached hydrogen (secondary N) is 1. The molecule has 0 saturated carbocycles. The fraction of sp³-hybridized carbons (Fsp3) is 0.0909.